The number of benzene rings is 2. The molecule has 0 spiro atoms. The molecule has 2 nitrogen and oxygen atoms in total. The van der Waals surface area contributed by atoms with Gasteiger partial charge in [-0.1, -0.05) is 35.9 Å². The quantitative estimate of drug-likeness (QED) is 0.900. The van der Waals surface area contributed by atoms with E-state index in [0.717, 1.165) is 5.56 Å². The van der Waals surface area contributed by atoms with Crippen LogP contribution in [0.1, 0.15) is 11.6 Å². The summed E-state index contributed by atoms with van der Waals surface area (Å²) >= 11 is 5.78. The summed E-state index contributed by atoms with van der Waals surface area (Å²) in [6.45, 7) is 0. The monoisotopic (exact) mass is 260 g/mol. The number of nitrogens with zero attached hydrogens (tertiary/aromatic N) is 1. The van der Waals surface area contributed by atoms with Gasteiger partial charge >= 0.3 is 0 Å². The minimum Gasteiger partial charge on any atom is -0.364 e. The van der Waals surface area contributed by atoms with Crippen molar-refractivity contribution < 1.29 is 4.39 Å². The van der Waals surface area contributed by atoms with Crippen LogP contribution in [-0.4, -0.2) is 0 Å². The van der Waals surface area contributed by atoms with E-state index in [0.29, 0.717) is 10.7 Å². The van der Waals surface area contributed by atoms with Gasteiger partial charge in [-0.3, -0.25) is 0 Å². The van der Waals surface area contributed by atoms with Crippen LogP contribution in [-0.2, 0) is 0 Å². The Morgan fingerprint density at radius 1 is 1.11 bits per heavy atom. The van der Waals surface area contributed by atoms with Crippen LogP contribution < -0.4 is 5.32 Å². The molecule has 2 rings (SSSR count). The highest BCUT2D eigenvalue weighted by atomic mass is 35.5. The third-order valence-electron chi connectivity index (χ3n) is 2.51. The molecule has 0 saturated heterocycles. The van der Waals surface area contributed by atoms with Crippen molar-refractivity contribution in [2.75, 3.05) is 5.32 Å². The average Bonchev–Trinajstić information content (AvgIpc) is 2.39. The van der Waals surface area contributed by atoms with Crippen molar-refractivity contribution in [2.24, 2.45) is 0 Å². The number of nitrogens with one attached hydrogen (secondary N) is 1. The highest BCUT2D eigenvalue weighted by molar-refractivity contribution is 6.30. The molecule has 18 heavy (non-hydrogen) atoms. The summed E-state index contributed by atoms with van der Waals surface area (Å²) in [6.07, 6.45) is 0. The minimum atomic E-state index is -0.612. The molecular formula is C14H10ClFN2. The van der Waals surface area contributed by atoms with E-state index in [9.17, 15) is 4.39 Å². The molecule has 1 unspecified atom stereocenters. The van der Waals surface area contributed by atoms with Crippen molar-refractivity contribution in [2.45, 2.75) is 6.04 Å². The first kappa shape index (κ1) is 12.4. The Kier molecular flexibility index (Phi) is 3.81. The lowest BCUT2D eigenvalue weighted by Gasteiger charge is -2.13. The third kappa shape index (κ3) is 2.79. The van der Waals surface area contributed by atoms with Crippen LogP contribution >= 0.6 is 11.6 Å². The summed E-state index contributed by atoms with van der Waals surface area (Å²) in [7, 11) is 0. The number of hydrogen-bond donors (Lipinski definition) is 1. The first-order valence-corrected chi connectivity index (χ1v) is 5.74. The van der Waals surface area contributed by atoms with E-state index in [1.165, 1.54) is 6.07 Å². The SMILES string of the molecule is N#CC(Nc1ccccc1F)c1ccc(Cl)cc1. The van der Waals surface area contributed by atoms with Gasteiger partial charge in [0.05, 0.1) is 11.8 Å². The Bertz CT molecular complexity index is 575. The maximum atomic E-state index is 13.5. The second-order valence-corrected chi connectivity index (χ2v) is 4.17. The first-order chi connectivity index (χ1) is 8.70. The summed E-state index contributed by atoms with van der Waals surface area (Å²) in [4.78, 5) is 0. The highest BCUT2D eigenvalue weighted by Crippen LogP contribution is 2.22. The Hall–Kier alpha value is -2.05. The van der Waals surface area contributed by atoms with Crippen LogP contribution in [0.5, 0.6) is 0 Å². The van der Waals surface area contributed by atoms with Gasteiger partial charge in [-0.25, -0.2) is 4.39 Å². The molecule has 1 atom stereocenters. The summed E-state index contributed by atoms with van der Waals surface area (Å²) in [5, 5.41) is 12.6. The molecule has 0 aliphatic rings. The molecular weight excluding hydrogens is 251 g/mol. The largest absolute Gasteiger partial charge is 0.364 e. The van der Waals surface area contributed by atoms with Crippen LogP contribution in [0, 0.1) is 17.1 Å². The van der Waals surface area contributed by atoms with E-state index in [-0.39, 0.29) is 5.82 Å². The van der Waals surface area contributed by atoms with Gasteiger partial charge in [-0.05, 0) is 29.8 Å². The van der Waals surface area contributed by atoms with Crippen LogP contribution in [0.3, 0.4) is 0 Å². The van der Waals surface area contributed by atoms with Crippen molar-refractivity contribution >= 4 is 17.3 Å². The summed E-state index contributed by atoms with van der Waals surface area (Å²) in [6, 6.07) is 14.6. The van der Waals surface area contributed by atoms with E-state index >= 15 is 0 Å². The molecule has 1 N–H and O–H groups in total. The third-order valence-corrected chi connectivity index (χ3v) is 2.76. The zero-order valence-corrected chi connectivity index (χ0v) is 10.2. The fourth-order valence-corrected chi connectivity index (χ4v) is 1.71. The number of halogens is 2. The van der Waals surface area contributed by atoms with Gasteiger partial charge in [0.1, 0.15) is 11.9 Å². The number of para-hydroxylation sites is 1. The Morgan fingerprint density at radius 3 is 2.39 bits per heavy atom. The smallest absolute Gasteiger partial charge is 0.146 e. The van der Waals surface area contributed by atoms with Crippen molar-refractivity contribution in [3.05, 3.63) is 64.9 Å². The van der Waals surface area contributed by atoms with Crippen molar-refractivity contribution in [3.8, 4) is 6.07 Å². The van der Waals surface area contributed by atoms with Gasteiger partial charge < -0.3 is 5.32 Å². The Morgan fingerprint density at radius 2 is 1.78 bits per heavy atom. The summed E-state index contributed by atoms with van der Waals surface area (Å²) in [5.74, 6) is -0.383. The predicted molar refractivity (Wildman–Crippen MR) is 69.8 cm³/mol. The van der Waals surface area contributed by atoms with Gasteiger partial charge in [-0.15, -0.1) is 0 Å². The number of hydrogen-bond acceptors (Lipinski definition) is 2. The molecule has 0 aliphatic carbocycles. The predicted octanol–water partition coefficient (Wildman–Crippen LogP) is 4.16. The minimum absolute atomic E-state index is 0.305. The maximum Gasteiger partial charge on any atom is 0.146 e. The van der Waals surface area contributed by atoms with Gasteiger partial charge in [-0.2, -0.15) is 5.26 Å². The summed E-state index contributed by atoms with van der Waals surface area (Å²) in [5.41, 5.74) is 1.05. The molecule has 0 fully saturated rings. The van der Waals surface area contributed by atoms with Crippen LogP contribution in [0.2, 0.25) is 5.02 Å². The van der Waals surface area contributed by atoms with Crippen molar-refractivity contribution in [3.63, 3.8) is 0 Å². The summed E-state index contributed by atoms with van der Waals surface area (Å²) < 4.78 is 13.5. The van der Waals surface area contributed by atoms with Crippen LogP contribution in [0.4, 0.5) is 10.1 Å². The molecule has 0 aromatic heterocycles. The van der Waals surface area contributed by atoms with Crippen molar-refractivity contribution in [1.82, 2.24) is 0 Å². The number of rotatable bonds is 3. The normalized spacial score (nSPS) is 11.6. The zero-order chi connectivity index (χ0) is 13.0. The van der Waals surface area contributed by atoms with E-state index in [1.807, 2.05) is 0 Å². The highest BCUT2D eigenvalue weighted by Gasteiger charge is 2.11. The molecule has 0 amide bonds. The molecule has 0 heterocycles. The molecule has 2 aromatic rings. The molecule has 0 bridgehead atoms. The van der Waals surface area contributed by atoms with Gasteiger partial charge in [0.15, 0.2) is 0 Å². The second-order valence-electron chi connectivity index (χ2n) is 3.74. The molecule has 0 radical (unpaired) electrons. The van der Waals surface area contributed by atoms with Gasteiger partial charge in [0.2, 0.25) is 0 Å². The lowest BCUT2D eigenvalue weighted by molar-refractivity contribution is 0.629. The van der Waals surface area contributed by atoms with E-state index in [2.05, 4.69) is 11.4 Å². The average molecular weight is 261 g/mol. The zero-order valence-electron chi connectivity index (χ0n) is 9.40. The Balaban J connectivity index is 2.23. The van der Waals surface area contributed by atoms with E-state index in [4.69, 9.17) is 16.9 Å². The molecule has 90 valence electrons. The second kappa shape index (κ2) is 5.52. The standard InChI is InChI=1S/C14H10ClFN2/c15-11-7-5-10(6-8-11)14(9-17)18-13-4-2-1-3-12(13)16/h1-8,14,18H. The molecule has 4 heteroatoms. The topological polar surface area (TPSA) is 35.8 Å². The maximum absolute atomic E-state index is 13.5. The fourth-order valence-electron chi connectivity index (χ4n) is 1.58. The number of nitriles is 1. The first-order valence-electron chi connectivity index (χ1n) is 5.37. The van der Waals surface area contributed by atoms with Crippen molar-refractivity contribution in [1.29, 1.82) is 5.26 Å². The van der Waals surface area contributed by atoms with E-state index < -0.39 is 6.04 Å². The van der Waals surface area contributed by atoms with Gasteiger partial charge in [0, 0.05) is 5.02 Å². The lowest BCUT2D eigenvalue weighted by atomic mass is 10.1. The lowest BCUT2D eigenvalue weighted by Crippen LogP contribution is -2.09. The van der Waals surface area contributed by atoms with E-state index in [1.54, 1.807) is 42.5 Å². The van der Waals surface area contributed by atoms with Crippen LogP contribution in [0.15, 0.2) is 48.5 Å². The molecule has 2 aromatic carbocycles. The number of anilines is 1. The molecule has 0 saturated carbocycles. The fraction of sp³-hybridized carbons (Fsp3) is 0.0714. The van der Waals surface area contributed by atoms with Crippen LogP contribution in [0.25, 0.3) is 0 Å². The Labute approximate surface area is 110 Å². The molecule has 0 aliphatic heterocycles. The van der Waals surface area contributed by atoms with Gasteiger partial charge in [0.25, 0.3) is 0 Å².